The molecule has 2 rings (SSSR count). The molecule has 1 aromatic rings. The third kappa shape index (κ3) is 3.42. The van der Waals surface area contributed by atoms with E-state index in [0.29, 0.717) is 17.3 Å². The summed E-state index contributed by atoms with van der Waals surface area (Å²) in [4.78, 5) is 24.5. The zero-order chi connectivity index (χ0) is 14.7. The predicted molar refractivity (Wildman–Crippen MR) is 73.8 cm³/mol. The van der Waals surface area contributed by atoms with E-state index in [1.807, 2.05) is 6.92 Å². The summed E-state index contributed by atoms with van der Waals surface area (Å²) in [5.41, 5.74) is 0. The minimum Gasteiger partial charge on any atom is -0.484 e. The summed E-state index contributed by atoms with van der Waals surface area (Å²) in [6.45, 7) is 2.42. The van der Waals surface area contributed by atoms with Crippen molar-refractivity contribution in [2.45, 2.75) is 6.92 Å². The van der Waals surface area contributed by atoms with Crippen LogP contribution in [0.2, 0.25) is 5.02 Å². The fourth-order valence-electron chi connectivity index (χ4n) is 2.29. The third-order valence-electron chi connectivity index (χ3n) is 3.44. The summed E-state index contributed by atoms with van der Waals surface area (Å²) < 4.78 is 5.37. The van der Waals surface area contributed by atoms with E-state index < -0.39 is 11.9 Å². The van der Waals surface area contributed by atoms with Crippen LogP contribution in [0.15, 0.2) is 24.3 Å². The van der Waals surface area contributed by atoms with Crippen molar-refractivity contribution in [1.29, 1.82) is 0 Å². The summed E-state index contributed by atoms with van der Waals surface area (Å²) in [7, 11) is 0. The Labute approximate surface area is 122 Å². The van der Waals surface area contributed by atoms with Crippen molar-refractivity contribution in [3.8, 4) is 5.75 Å². The molecule has 0 radical (unpaired) electrons. The molecule has 0 aliphatic carbocycles. The summed E-state index contributed by atoms with van der Waals surface area (Å²) in [6.07, 6.45) is 0. The monoisotopic (exact) mass is 297 g/mol. The topological polar surface area (TPSA) is 66.8 Å². The van der Waals surface area contributed by atoms with E-state index in [1.54, 1.807) is 24.3 Å². The van der Waals surface area contributed by atoms with Crippen LogP contribution in [0.1, 0.15) is 6.92 Å². The molecule has 1 N–H and O–H groups in total. The number of hydrogen-bond donors (Lipinski definition) is 1. The lowest BCUT2D eigenvalue weighted by molar-refractivity contribution is -0.142. The van der Waals surface area contributed by atoms with Crippen LogP contribution in [0, 0.1) is 11.8 Å². The lowest BCUT2D eigenvalue weighted by atomic mass is 9.99. The largest absolute Gasteiger partial charge is 0.484 e. The van der Waals surface area contributed by atoms with Gasteiger partial charge >= 0.3 is 5.97 Å². The Morgan fingerprint density at radius 2 is 2.20 bits per heavy atom. The van der Waals surface area contributed by atoms with Crippen LogP contribution in [-0.4, -0.2) is 41.6 Å². The van der Waals surface area contributed by atoms with Gasteiger partial charge in [-0.15, -0.1) is 0 Å². The highest BCUT2D eigenvalue weighted by Gasteiger charge is 2.36. The van der Waals surface area contributed by atoms with Gasteiger partial charge in [-0.2, -0.15) is 0 Å². The molecular formula is C14H16ClNO4. The van der Waals surface area contributed by atoms with Crippen molar-refractivity contribution in [3.63, 3.8) is 0 Å². The lowest BCUT2D eigenvalue weighted by Crippen LogP contribution is -2.33. The van der Waals surface area contributed by atoms with Gasteiger partial charge in [0.2, 0.25) is 0 Å². The predicted octanol–water partition coefficient (Wildman–Crippen LogP) is 1.90. The Balaban J connectivity index is 1.88. The van der Waals surface area contributed by atoms with Gasteiger partial charge in [0.25, 0.3) is 5.91 Å². The van der Waals surface area contributed by atoms with E-state index in [0.717, 1.165) is 0 Å². The molecule has 0 bridgehead atoms. The molecule has 0 aromatic heterocycles. The molecule has 1 saturated heterocycles. The number of carboxylic acids is 1. The number of amides is 1. The number of likely N-dealkylation sites (tertiary alicyclic amines) is 1. The van der Waals surface area contributed by atoms with Crippen molar-refractivity contribution in [2.24, 2.45) is 11.8 Å². The van der Waals surface area contributed by atoms with Gasteiger partial charge < -0.3 is 14.7 Å². The van der Waals surface area contributed by atoms with E-state index in [4.69, 9.17) is 21.4 Å². The zero-order valence-corrected chi connectivity index (χ0v) is 11.8. The molecule has 0 saturated carbocycles. The van der Waals surface area contributed by atoms with Gasteiger partial charge in [-0.05, 0) is 24.1 Å². The molecule has 1 fully saturated rings. The van der Waals surface area contributed by atoms with Gasteiger partial charge in [0.15, 0.2) is 6.61 Å². The third-order valence-corrected chi connectivity index (χ3v) is 3.68. The smallest absolute Gasteiger partial charge is 0.308 e. The normalized spacial score (nSPS) is 21.8. The highest BCUT2D eigenvalue weighted by Crippen LogP contribution is 2.23. The average Bonchev–Trinajstić information content (AvgIpc) is 2.78. The van der Waals surface area contributed by atoms with Gasteiger partial charge in [0, 0.05) is 18.1 Å². The van der Waals surface area contributed by atoms with Crippen molar-refractivity contribution in [1.82, 2.24) is 4.90 Å². The zero-order valence-electron chi connectivity index (χ0n) is 11.1. The fraction of sp³-hybridized carbons (Fsp3) is 0.429. The van der Waals surface area contributed by atoms with Crippen LogP contribution in [-0.2, 0) is 9.59 Å². The van der Waals surface area contributed by atoms with Gasteiger partial charge in [0.05, 0.1) is 5.92 Å². The maximum Gasteiger partial charge on any atom is 0.308 e. The van der Waals surface area contributed by atoms with Gasteiger partial charge in [-0.25, -0.2) is 0 Å². The summed E-state index contributed by atoms with van der Waals surface area (Å²) in [5, 5.41) is 9.58. The first-order valence-corrected chi connectivity index (χ1v) is 6.74. The average molecular weight is 298 g/mol. The van der Waals surface area contributed by atoms with Crippen molar-refractivity contribution in [2.75, 3.05) is 19.7 Å². The Kier molecular flexibility index (Phi) is 4.49. The number of hydrogen-bond acceptors (Lipinski definition) is 3. The van der Waals surface area contributed by atoms with Crippen LogP contribution in [0.25, 0.3) is 0 Å². The van der Waals surface area contributed by atoms with E-state index in [2.05, 4.69) is 0 Å². The van der Waals surface area contributed by atoms with Crippen molar-refractivity contribution in [3.05, 3.63) is 29.3 Å². The summed E-state index contributed by atoms with van der Waals surface area (Å²) >= 11 is 5.82. The highest BCUT2D eigenvalue weighted by atomic mass is 35.5. The number of ether oxygens (including phenoxy) is 1. The molecule has 6 heteroatoms. The number of rotatable bonds is 4. The quantitative estimate of drug-likeness (QED) is 0.922. The molecule has 1 heterocycles. The molecule has 1 amide bonds. The molecule has 1 aromatic carbocycles. The van der Waals surface area contributed by atoms with E-state index in [9.17, 15) is 9.59 Å². The Morgan fingerprint density at radius 1 is 1.45 bits per heavy atom. The van der Waals surface area contributed by atoms with Crippen LogP contribution < -0.4 is 4.74 Å². The number of carboxylic acid groups (broad SMARTS) is 1. The van der Waals surface area contributed by atoms with Gasteiger partial charge in [-0.1, -0.05) is 24.6 Å². The molecule has 2 atom stereocenters. The number of carbonyl (C=O) groups excluding carboxylic acids is 1. The molecular weight excluding hydrogens is 282 g/mol. The second-order valence-electron chi connectivity index (χ2n) is 4.97. The first kappa shape index (κ1) is 14.7. The van der Waals surface area contributed by atoms with Crippen molar-refractivity contribution >= 4 is 23.5 Å². The van der Waals surface area contributed by atoms with Crippen molar-refractivity contribution < 1.29 is 19.4 Å². The van der Waals surface area contributed by atoms with Crippen LogP contribution in [0.4, 0.5) is 0 Å². The number of carbonyl (C=O) groups is 2. The maximum atomic E-state index is 12.0. The number of nitrogens with zero attached hydrogens (tertiary/aromatic N) is 1. The van der Waals surface area contributed by atoms with Gasteiger partial charge in [0.1, 0.15) is 5.75 Å². The molecule has 108 valence electrons. The molecule has 1 aliphatic rings. The molecule has 5 nitrogen and oxygen atoms in total. The lowest BCUT2D eigenvalue weighted by Gasteiger charge is -2.16. The molecule has 0 spiro atoms. The Hall–Kier alpha value is -1.75. The SMILES string of the molecule is C[C@@H]1CN(C(=O)COc2cccc(Cl)c2)C[C@H]1C(=O)O. The molecule has 1 aliphatic heterocycles. The second kappa shape index (κ2) is 6.13. The van der Waals surface area contributed by atoms with Crippen LogP contribution in [0.5, 0.6) is 5.75 Å². The van der Waals surface area contributed by atoms with Gasteiger partial charge in [-0.3, -0.25) is 9.59 Å². The number of aliphatic carboxylic acids is 1. The minimum absolute atomic E-state index is 0.0392. The standard InChI is InChI=1S/C14H16ClNO4/c1-9-6-16(7-12(9)14(18)19)13(17)8-20-11-4-2-3-10(15)5-11/h2-5,9,12H,6-8H2,1H3,(H,18,19)/t9-,12-/m1/s1. The fourth-order valence-corrected chi connectivity index (χ4v) is 2.47. The second-order valence-corrected chi connectivity index (χ2v) is 5.40. The van der Waals surface area contributed by atoms with E-state index in [-0.39, 0.29) is 25.0 Å². The molecule has 0 unspecified atom stereocenters. The summed E-state index contributed by atoms with van der Waals surface area (Å²) in [6, 6.07) is 6.80. The molecule has 20 heavy (non-hydrogen) atoms. The highest BCUT2D eigenvalue weighted by molar-refractivity contribution is 6.30. The van der Waals surface area contributed by atoms with Crippen LogP contribution in [0.3, 0.4) is 0 Å². The maximum absolute atomic E-state index is 12.0. The summed E-state index contributed by atoms with van der Waals surface area (Å²) in [5.74, 6) is -1.08. The Morgan fingerprint density at radius 3 is 2.80 bits per heavy atom. The van der Waals surface area contributed by atoms with Crippen LogP contribution >= 0.6 is 11.6 Å². The van der Waals surface area contributed by atoms with E-state index >= 15 is 0 Å². The van der Waals surface area contributed by atoms with E-state index in [1.165, 1.54) is 4.90 Å². The minimum atomic E-state index is -0.858. The first-order valence-electron chi connectivity index (χ1n) is 6.36. The first-order chi connectivity index (χ1) is 9.47. The number of halogens is 1. The Bertz CT molecular complexity index is 520. The number of benzene rings is 1.